The molecule has 6 nitrogen and oxygen atoms in total. The van der Waals surface area contributed by atoms with Crippen LogP contribution in [-0.4, -0.2) is 26.6 Å². The van der Waals surface area contributed by atoms with Crippen LogP contribution >= 0.6 is 0 Å². The molecule has 0 aromatic heterocycles. The molecule has 9 heteroatoms. The summed E-state index contributed by atoms with van der Waals surface area (Å²) in [5, 5.41) is 5.06. The lowest BCUT2D eigenvalue weighted by Gasteiger charge is -2.13. The van der Waals surface area contributed by atoms with Gasteiger partial charge in [-0.2, -0.15) is 0 Å². The van der Waals surface area contributed by atoms with Gasteiger partial charge >= 0.3 is 12.4 Å². The minimum absolute atomic E-state index is 0.291. The van der Waals surface area contributed by atoms with E-state index in [-0.39, 0.29) is 5.75 Å². The number of alkyl halides is 3. The number of hydrogen-bond acceptors (Lipinski definition) is 4. The number of amides is 2. The maximum absolute atomic E-state index is 12.1. The molecule has 0 heterocycles. The van der Waals surface area contributed by atoms with E-state index in [1.807, 2.05) is 0 Å². The molecular formula is C16H15F3N2O4. The molecule has 0 saturated carbocycles. The third-order valence-electron chi connectivity index (χ3n) is 3.00. The molecule has 0 spiro atoms. The average molecular weight is 356 g/mol. The number of halogens is 3. The molecule has 134 valence electrons. The number of rotatable bonds is 5. The lowest BCUT2D eigenvalue weighted by molar-refractivity contribution is -0.274. The average Bonchev–Trinajstić information content (AvgIpc) is 2.55. The number of benzene rings is 2. The maximum atomic E-state index is 12.1. The molecule has 0 fully saturated rings. The van der Waals surface area contributed by atoms with E-state index >= 15 is 0 Å². The van der Waals surface area contributed by atoms with Crippen molar-refractivity contribution in [1.82, 2.24) is 0 Å². The predicted molar refractivity (Wildman–Crippen MR) is 85.3 cm³/mol. The third-order valence-corrected chi connectivity index (χ3v) is 3.00. The first kappa shape index (κ1) is 18.2. The van der Waals surface area contributed by atoms with Gasteiger partial charge in [-0.15, -0.1) is 13.2 Å². The van der Waals surface area contributed by atoms with Crippen LogP contribution in [0.5, 0.6) is 17.2 Å². The van der Waals surface area contributed by atoms with Crippen LogP contribution in [0.1, 0.15) is 0 Å². The number of urea groups is 1. The van der Waals surface area contributed by atoms with Crippen LogP contribution in [0, 0.1) is 0 Å². The van der Waals surface area contributed by atoms with Gasteiger partial charge in [-0.05, 0) is 36.4 Å². The van der Waals surface area contributed by atoms with E-state index in [9.17, 15) is 18.0 Å². The van der Waals surface area contributed by atoms with Gasteiger partial charge in [0.05, 0.1) is 19.9 Å². The summed E-state index contributed by atoms with van der Waals surface area (Å²) in [6.45, 7) is 0. The second kappa shape index (κ2) is 7.65. The summed E-state index contributed by atoms with van der Waals surface area (Å²) in [5.74, 6) is 0.571. The first-order valence-corrected chi connectivity index (χ1v) is 6.96. The Bertz CT molecular complexity index is 733. The molecule has 2 N–H and O–H groups in total. The van der Waals surface area contributed by atoms with Crippen molar-refractivity contribution in [2.45, 2.75) is 6.36 Å². The summed E-state index contributed by atoms with van der Waals surface area (Å²) in [7, 11) is 2.94. The Morgan fingerprint density at radius 1 is 0.920 bits per heavy atom. The summed E-state index contributed by atoms with van der Waals surface area (Å²) in [5.41, 5.74) is 0.692. The normalized spacial score (nSPS) is 10.8. The molecule has 0 radical (unpaired) electrons. The summed E-state index contributed by atoms with van der Waals surface area (Å²) in [6.07, 6.45) is -4.77. The van der Waals surface area contributed by atoms with Crippen molar-refractivity contribution in [3.63, 3.8) is 0 Å². The van der Waals surface area contributed by atoms with Crippen molar-refractivity contribution >= 4 is 17.4 Å². The lowest BCUT2D eigenvalue weighted by atomic mass is 10.2. The Morgan fingerprint density at radius 3 is 2.12 bits per heavy atom. The van der Waals surface area contributed by atoms with Crippen molar-refractivity contribution in [1.29, 1.82) is 0 Å². The van der Waals surface area contributed by atoms with Gasteiger partial charge in [-0.25, -0.2) is 4.79 Å². The van der Waals surface area contributed by atoms with E-state index < -0.39 is 12.4 Å². The van der Waals surface area contributed by atoms with E-state index in [0.29, 0.717) is 22.9 Å². The summed E-state index contributed by atoms with van der Waals surface area (Å²) >= 11 is 0. The SMILES string of the molecule is COc1ccc(NC(=O)Nc2ccc(OC(F)(F)F)cc2)c(OC)c1. The van der Waals surface area contributed by atoms with Gasteiger partial charge in [0.25, 0.3) is 0 Å². The van der Waals surface area contributed by atoms with E-state index in [2.05, 4.69) is 15.4 Å². The first-order valence-electron chi connectivity index (χ1n) is 6.96. The Balaban J connectivity index is 2.00. The smallest absolute Gasteiger partial charge is 0.497 e. The van der Waals surface area contributed by atoms with E-state index in [1.165, 1.54) is 26.4 Å². The number of ether oxygens (including phenoxy) is 3. The zero-order valence-electron chi connectivity index (χ0n) is 13.3. The molecule has 0 unspecified atom stereocenters. The number of hydrogen-bond donors (Lipinski definition) is 2. The molecule has 0 saturated heterocycles. The number of carbonyl (C=O) groups excluding carboxylic acids is 1. The van der Waals surface area contributed by atoms with E-state index in [0.717, 1.165) is 12.1 Å². The second-order valence-corrected chi connectivity index (χ2v) is 4.72. The molecule has 25 heavy (non-hydrogen) atoms. The summed E-state index contributed by atoms with van der Waals surface area (Å²) in [4.78, 5) is 12.0. The molecule has 0 aliphatic heterocycles. The largest absolute Gasteiger partial charge is 0.573 e. The first-order chi connectivity index (χ1) is 11.8. The Labute approximate surface area is 141 Å². The zero-order valence-corrected chi connectivity index (χ0v) is 13.3. The Morgan fingerprint density at radius 2 is 1.56 bits per heavy atom. The predicted octanol–water partition coefficient (Wildman–Crippen LogP) is 4.25. The molecular weight excluding hydrogens is 341 g/mol. The van der Waals surface area contributed by atoms with Crippen molar-refractivity contribution in [3.8, 4) is 17.2 Å². The third kappa shape index (κ3) is 5.48. The van der Waals surface area contributed by atoms with Gasteiger partial charge in [0.15, 0.2) is 0 Å². The number of methoxy groups -OCH3 is 2. The molecule has 0 bridgehead atoms. The molecule has 0 atom stereocenters. The number of nitrogens with one attached hydrogen (secondary N) is 2. The quantitative estimate of drug-likeness (QED) is 0.841. The van der Waals surface area contributed by atoms with Crippen LogP contribution in [0.3, 0.4) is 0 Å². The Kier molecular flexibility index (Phi) is 5.58. The van der Waals surface area contributed by atoms with Crippen molar-refractivity contribution in [2.75, 3.05) is 24.9 Å². The fourth-order valence-electron chi connectivity index (χ4n) is 1.93. The summed E-state index contributed by atoms with van der Waals surface area (Å²) < 4.78 is 50.3. The molecule has 0 aliphatic carbocycles. The highest BCUT2D eigenvalue weighted by molar-refractivity contribution is 6.00. The monoisotopic (exact) mass is 356 g/mol. The van der Waals surface area contributed by atoms with Crippen molar-refractivity contribution in [3.05, 3.63) is 42.5 Å². The van der Waals surface area contributed by atoms with Crippen LogP contribution in [0.4, 0.5) is 29.3 Å². The van der Waals surface area contributed by atoms with Crippen LogP contribution < -0.4 is 24.8 Å². The van der Waals surface area contributed by atoms with E-state index in [1.54, 1.807) is 18.2 Å². The molecule has 2 aromatic rings. The van der Waals surface area contributed by atoms with Crippen LogP contribution in [0.15, 0.2) is 42.5 Å². The fourth-order valence-corrected chi connectivity index (χ4v) is 1.93. The van der Waals surface area contributed by atoms with Gasteiger partial charge in [0, 0.05) is 11.8 Å². The van der Waals surface area contributed by atoms with Gasteiger partial charge in [0.1, 0.15) is 17.2 Å². The van der Waals surface area contributed by atoms with Crippen molar-refractivity contribution < 1.29 is 32.2 Å². The molecule has 2 amide bonds. The van der Waals surface area contributed by atoms with Gasteiger partial charge in [-0.3, -0.25) is 0 Å². The standard InChI is InChI=1S/C16H15F3N2O4/c1-23-12-7-8-13(14(9-12)24-2)21-15(22)20-10-3-5-11(6-4-10)25-16(17,18)19/h3-9H,1-2H3,(H2,20,21,22). The van der Waals surface area contributed by atoms with Crippen LogP contribution in [0.25, 0.3) is 0 Å². The number of carbonyl (C=O) groups is 1. The summed E-state index contributed by atoms with van der Waals surface area (Å²) in [6, 6.07) is 9.00. The highest BCUT2D eigenvalue weighted by atomic mass is 19.4. The van der Waals surface area contributed by atoms with Crippen LogP contribution in [-0.2, 0) is 0 Å². The van der Waals surface area contributed by atoms with Gasteiger partial charge in [0.2, 0.25) is 0 Å². The topological polar surface area (TPSA) is 68.8 Å². The second-order valence-electron chi connectivity index (χ2n) is 4.72. The molecule has 2 rings (SSSR count). The van der Waals surface area contributed by atoms with Gasteiger partial charge in [-0.1, -0.05) is 0 Å². The highest BCUT2D eigenvalue weighted by Gasteiger charge is 2.30. The molecule has 2 aromatic carbocycles. The molecule has 0 aliphatic rings. The van der Waals surface area contributed by atoms with E-state index in [4.69, 9.17) is 9.47 Å². The van der Waals surface area contributed by atoms with Gasteiger partial charge < -0.3 is 24.8 Å². The minimum Gasteiger partial charge on any atom is -0.497 e. The minimum atomic E-state index is -4.77. The fraction of sp³-hybridized carbons (Fsp3) is 0.188. The number of anilines is 2. The van der Waals surface area contributed by atoms with Crippen LogP contribution in [0.2, 0.25) is 0 Å². The lowest BCUT2D eigenvalue weighted by Crippen LogP contribution is -2.20. The highest BCUT2D eigenvalue weighted by Crippen LogP contribution is 2.29. The zero-order chi connectivity index (χ0) is 18.4. The van der Waals surface area contributed by atoms with Crippen molar-refractivity contribution in [2.24, 2.45) is 0 Å². The maximum Gasteiger partial charge on any atom is 0.573 e. The Hall–Kier alpha value is -3.10.